The minimum Gasteiger partial charge on any atom is -0.384 e. The van der Waals surface area contributed by atoms with Gasteiger partial charge in [0.05, 0.1) is 0 Å². The number of nitrogen functional groups attached to an aromatic ring is 1. The van der Waals surface area contributed by atoms with Crippen molar-refractivity contribution < 1.29 is 4.39 Å². The van der Waals surface area contributed by atoms with Gasteiger partial charge in [0.1, 0.15) is 11.6 Å². The lowest BCUT2D eigenvalue weighted by molar-refractivity contribution is 0.626. The van der Waals surface area contributed by atoms with Gasteiger partial charge >= 0.3 is 0 Å². The topological polar surface area (TPSA) is 51.8 Å². The Morgan fingerprint density at radius 1 is 1.33 bits per heavy atom. The molecule has 0 unspecified atom stereocenters. The average Bonchev–Trinajstić information content (AvgIpc) is 2.29. The maximum atomic E-state index is 13.1. The van der Waals surface area contributed by atoms with Crippen LogP contribution < -0.4 is 5.73 Å². The van der Waals surface area contributed by atoms with E-state index in [9.17, 15) is 4.39 Å². The zero-order chi connectivity index (χ0) is 13.1. The molecule has 0 atom stereocenters. The van der Waals surface area contributed by atoms with E-state index in [1.807, 2.05) is 6.92 Å². The summed E-state index contributed by atoms with van der Waals surface area (Å²) in [6, 6.07) is 6.31. The predicted molar refractivity (Wildman–Crippen MR) is 74.8 cm³/mol. The molecule has 2 N–H and O–H groups in total. The van der Waals surface area contributed by atoms with Crippen LogP contribution in [0, 0.1) is 12.7 Å². The van der Waals surface area contributed by atoms with E-state index in [1.165, 1.54) is 23.9 Å². The molecule has 2 rings (SSSR count). The maximum absolute atomic E-state index is 13.1. The Morgan fingerprint density at radius 2 is 2.11 bits per heavy atom. The van der Waals surface area contributed by atoms with Crippen molar-refractivity contribution in [2.45, 2.75) is 17.8 Å². The number of nitrogens with two attached hydrogens (primary N) is 1. The highest BCUT2D eigenvalue weighted by Crippen LogP contribution is 2.26. The first-order valence-electron chi connectivity index (χ1n) is 5.22. The van der Waals surface area contributed by atoms with Crippen molar-refractivity contribution in [2.24, 2.45) is 0 Å². The molecule has 94 valence electrons. The van der Waals surface area contributed by atoms with Gasteiger partial charge in [0.15, 0.2) is 5.16 Å². The van der Waals surface area contributed by atoms with Crippen LogP contribution in [0.15, 0.2) is 33.9 Å². The fourth-order valence-corrected chi connectivity index (χ4v) is 2.90. The fourth-order valence-electron chi connectivity index (χ4n) is 1.43. The Bertz CT molecular complexity index is 557. The molecule has 0 spiro atoms. The molecule has 2 aromatic rings. The zero-order valence-corrected chi connectivity index (χ0v) is 12.1. The predicted octanol–water partition coefficient (Wildman–Crippen LogP) is 3.56. The van der Waals surface area contributed by atoms with Crippen LogP contribution in [0.2, 0.25) is 0 Å². The van der Waals surface area contributed by atoms with Crippen LogP contribution in [0.25, 0.3) is 0 Å². The zero-order valence-electron chi connectivity index (χ0n) is 9.65. The quantitative estimate of drug-likeness (QED) is 0.691. The van der Waals surface area contributed by atoms with Gasteiger partial charge in [-0.25, -0.2) is 14.4 Å². The summed E-state index contributed by atoms with van der Waals surface area (Å²) in [6.07, 6.45) is 0. The van der Waals surface area contributed by atoms with Gasteiger partial charge in [0.25, 0.3) is 0 Å². The standard InChI is InChI=1S/C12H11BrFN3S/c1-7-4-11(15)17-12(16-7)18-6-8-5-9(14)2-3-10(8)13/h2-5H,6H2,1H3,(H2,15,16,17). The summed E-state index contributed by atoms with van der Waals surface area (Å²) in [5.74, 6) is 0.781. The molecule has 1 heterocycles. The molecule has 1 aromatic carbocycles. The highest BCUT2D eigenvalue weighted by Gasteiger charge is 2.05. The Hall–Kier alpha value is -1.14. The van der Waals surface area contributed by atoms with Crippen LogP contribution >= 0.6 is 27.7 Å². The molecule has 6 heteroatoms. The third kappa shape index (κ3) is 3.43. The van der Waals surface area contributed by atoms with Crippen molar-refractivity contribution in [3.63, 3.8) is 0 Å². The van der Waals surface area contributed by atoms with Gasteiger partial charge in [-0.1, -0.05) is 27.7 Å². The van der Waals surface area contributed by atoms with Crippen molar-refractivity contribution in [1.29, 1.82) is 0 Å². The molecule has 0 amide bonds. The van der Waals surface area contributed by atoms with Gasteiger partial charge in [-0.05, 0) is 30.7 Å². The van der Waals surface area contributed by atoms with Crippen LogP contribution in [-0.4, -0.2) is 9.97 Å². The number of hydrogen-bond donors (Lipinski definition) is 1. The molecule has 0 aliphatic rings. The SMILES string of the molecule is Cc1cc(N)nc(SCc2cc(F)ccc2Br)n1. The summed E-state index contributed by atoms with van der Waals surface area (Å²) in [5.41, 5.74) is 7.34. The number of thioether (sulfide) groups is 1. The van der Waals surface area contributed by atoms with E-state index in [0.717, 1.165) is 15.7 Å². The number of halogens is 2. The first kappa shape index (κ1) is 13.3. The van der Waals surface area contributed by atoms with E-state index in [0.29, 0.717) is 16.7 Å². The molecular weight excluding hydrogens is 317 g/mol. The van der Waals surface area contributed by atoms with Crippen molar-refractivity contribution in [3.8, 4) is 0 Å². The highest BCUT2D eigenvalue weighted by atomic mass is 79.9. The van der Waals surface area contributed by atoms with E-state index in [4.69, 9.17) is 5.73 Å². The number of hydrogen-bond acceptors (Lipinski definition) is 4. The summed E-state index contributed by atoms with van der Waals surface area (Å²) in [5, 5.41) is 0.601. The lowest BCUT2D eigenvalue weighted by Gasteiger charge is -2.05. The van der Waals surface area contributed by atoms with E-state index >= 15 is 0 Å². The molecule has 0 fully saturated rings. The van der Waals surface area contributed by atoms with Gasteiger partial charge in [-0.3, -0.25) is 0 Å². The fraction of sp³-hybridized carbons (Fsp3) is 0.167. The number of aromatic nitrogens is 2. The summed E-state index contributed by atoms with van der Waals surface area (Å²) < 4.78 is 14.0. The number of rotatable bonds is 3. The molecule has 0 aliphatic carbocycles. The van der Waals surface area contributed by atoms with E-state index in [1.54, 1.807) is 12.1 Å². The molecule has 1 aromatic heterocycles. The molecule has 0 radical (unpaired) electrons. The lowest BCUT2D eigenvalue weighted by Crippen LogP contribution is -1.97. The van der Waals surface area contributed by atoms with Gasteiger partial charge in [-0.15, -0.1) is 0 Å². The minimum atomic E-state index is -0.251. The highest BCUT2D eigenvalue weighted by molar-refractivity contribution is 9.10. The number of nitrogens with zero attached hydrogens (tertiary/aromatic N) is 2. The van der Waals surface area contributed by atoms with Crippen LogP contribution in [0.4, 0.5) is 10.2 Å². The van der Waals surface area contributed by atoms with Gasteiger partial charge < -0.3 is 5.73 Å². The van der Waals surface area contributed by atoms with E-state index in [2.05, 4.69) is 25.9 Å². The Balaban J connectivity index is 2.13. The summed E-state index contributed by atoms with van der Waals surface area (Å²) in [6.45, 7) is 1.86. The third-order valence-electron chi connectivity index (χ3n) is 2.22. The molecule has 0 aliphatic heterocycles. The average molecular weight is 328 g/mol. The molecular formula is C12H11BrFN3S. The van der Waals surface area contributed by atoms with Crippen molar-refractivity contribution >= 4 is 33.5 Å². The molecule has 3 nitrogen and oxygen atoms in total. The number of anilines is 1. The Labute approximate surface area is 117 Å². The summed E-state index contributed by atoms with van der Waals surface area (Å²) >= 11 is 4.81. The largest absolute Gasteiger partial charge is 0.384 e. The van der Waals surface area contributed by atoms with Crippen LogP contribution in [-0.2, 0) is 5.75 Å². The van der Waals surface area contributed by atoms with Crippen LogP contribution in [0.1, 0.15) is 11.3 Å². The van der Waals surface area contributed by atoms with E-state index in [-0.39, 0.29) is 5.82 Å². The van der Waals surface area contributed by atoms with E-state index < -0.39 is 0 Å². The molecule has 18 heavy (non-hydrogen) atoms. The smallest absolute Gasteiger partial charge is 0.190 e. The second kappa shape index (κ2) is 5.67. The lowest BCUT2D eigenvalue weighted by atomic mass is 10.2. The summed E-state index contributed by atoms with van der Waals surface area (Å²) in [4.78, 5) is 8.39. The molecule has 0 saturated carbocycles. The first-order chi connectivity index (χ1) is 8.54. The van der Waals surface area contributed by atoms with Gasteiger partial charge in [-0.2, -0.15) is 0 Å². The van der Waals surface area contributed by atoms with Gasteiger partial charge in [0, 0.05) is 22.0 Å². The normalized spacial score (nSPS) is 10.6. The minimum absolute atomic E-state index is 0.251. The van der Waals surface area contributed by atoms with Crippen molar-refractivity contribution in [2.75, 3.05) is 5.73 Å². The second-order valence-electron chi connectivity index (χ2n) is 3.74. The monoisotopic (exact) mass is 327 g/mol. The second-order valence-corrected chi connectivity index (χ2v) is 5.54. The van der Waals surface area contributed by atoms with Crippen LogP contribution in [0.5, 0.6) is 0 Å². The molecule has 0 bridgehead atoms. The summed E-state index contributed by atoms with van der Waals surface area (Å²) in [7, 11) is 0. The molecule has 0 saturated heterocycles. The Morgan fingerprint density at radius 3 is 2.83 bits per heavy atom. The first-order valence-corrected chi connectivity index (χ1v) is 7.00. The number of benzene rings is 1. The van der Waals surface area contributed by atoms with Crippen molar-refractivity contribution in [3.05, 3.63) is 45.8 Å². The van der Waals surface area contributed by atoms with Crippen LogP contribution in [0.3, 0.4) is 0 Å². The van der Waals surface area contributed by atoms with Crippen molar-refractivity contribution in [1.82, 2.24) is 9.97 Å². The maximum Gasteiger partial charge on any atom is 0.190 e. The Kier molecular flexibility index (Phi) is 4.19. The third-order valence-corrected chi connectivity index (χ3v) is 3.89. The number of aryl methyl sites for hydroxylation is 1. The van der Waals surface area contributed by atoms with Gasteiger partial charge in [0.2, 0.25) is 0 Å².